The van der Waals surface area contributed by atoms with Crippen LogP contribution in [0.3, 0.4) is 0 Å². The number of unbranched alkanes of at least 4 members (excludes halogenated alkanes) is 1. The van der Waals surface area contributed by atoms with Crippen molar-refractivity contribution in [2.45, 2.75) is 76.5 Å². The highest BCUT2D eigenvalue weighted by molar-refractivity contribution is 6.02. The van der Waals surface area contributed by atoms with E-state index in [1.165, 1.54) is 0 Å². The highest BCUT2D eigenvalue weighted by Crippen LogP contribution is 2.44. The molecule has 4 heterocycles. The number of fused-ring (bicyclic) bond motifs is 9. The van der Waals surface area contributed by atoms with Gasteiger partial charge in [-0.05, 0) is 97.4 Å². The van der Waals surface area contributed by atoms with Crippen molar-refractivity contribution in [3.63, 3.8) is 0 Å². The maximum Gasteiger partial charge on any atom is 0.164 e. The first-order valence-electron chi connectivity index (χ1n) is 18.9. The lowest BCUT2D eigenvalue weighted by molar-refractivity contribution is -0.129. The van der Waals surface area contributed by atoms with Crippen LogP contribution in [0.15, 0.2) is 84.7 Å². The number of aryl methyl sites for hydroxylation is 2. The van der Waals surface area contributed by atoms with E-state index in [-0.39, 0.29) is 41.8 Å². The summed E-state index contributed by atoms with van der Waals surface area (Å²) >= 11 is 0. The second kappa shape index (κ2) is 15.2. The molecule has 8 heteroatoms. The molecule has 53 heavy (non-hydrogen) atoms. The van der Waals surface area contributed by atoms with Crippen molar-refractivity contribution in [3.8, 4) is 17.2 Å². The molecule has 0 radical (unpaired) electrons. The molecule has 3 aromatic carbocycles. The Hall–Kier alpha value is -5.50. The summed E-state index contributed by atoms with van der Waals surface area (Å²) < 4.78 is 6.03. The average molecular weight is 708 g/mol. The molecule has 4 bridgehead atoms. The highest BCUT2D eigenvalue weighted by atomic mass is 16.5. The topological polar surface area (TPSA) is 128 Å². The van der Waals surface area contributed by atoms with Gasteiger partial charge in [-0.3, -0.25) is 9.59 Å². The van der Waals surface area contributed by atoms with E-state index in [9.17, 15) is 19.8 Å². The van der Waals surface area contributed by atoms with Crippen molar-refractivity contribution in [3.05, 3.63) is 140 Å². The minimum absolute atomic E-state index is 0.0707. The Labute approximate surface area is 310 Å². The van der Waals surface area contributed by atoms with Crippen LogP contribution >= 0.6 is 0 Å². The maximum absolute atomic E-state index is 14.5. The van der Waals surface area contributed by atoms with Crippen LogP contribution in [0.1, 0.15) is 94.6 Å². The number of aromatic hydroxyl groups is 2. The molecule has 1 aliphatic carbocycles. The summed E-state index contributed by atoms with van der Waals surface area (Å²) in [5.74, 6) is 0.997. The third kappa shape index (κ3) is 7.54. The minimum atomic E-state index is -0.487. The number of phenols is 2. The quantitative estimate of drug-likeness (QED) is 0.124. The van der Waals surface area contributed by atoms with Crippen LogP contribution in [-0.4, -0.2) is 39.9 Å². The zero-order chi connectivity index (χ0) is 36.3. The molecule has 2 aromatic heterocycles. The molecule has 2 atom stereocenters. The second-order valence-corrected chi connectivity index (χ2v) is 14.8. The van der Waals surface area contributed by atoms with Crippen molar-refractivity contribution < 1.29 is 24.5 Å². The van der Waals surface area contributed by atoms with Gasteiger partial charge in [0.1, 0.15) is 17.3 Å². The van der Waals surface area contributed by atoms with Crippen molar-refractivity contribution in [1.82, 2.24) is 9.97 Å². The van der Waals surface area contributed by atoms with E-state index < -0.39 is 5.92 Å². The summed E-state index contributed by atoms with van der Waals surface area (Å²) in [6.07, 6.45) is 12.5. The van der Waals surface area contributed by atoms with Crippen LogP contribution in [-0.2, 0) is 41.7 Å². The molecule has 0 saturated carbocycles. The van der Waals surface area contributed by atoms with Crippen molar-refractivity contribution >= 4 is 23.5 Å². The number of benzene rings is 3. The molecule has 5 aromatic rings. The van der Waals surface area contributed by atoms with Gasteiger partial charge in [0.25, 0.3) is 0 Å². The van der Waals surface area contributed by atoms with E-state index in [4.69, 9.17) is 10.1 Å². The molecule has 3 N–H and O–H groups in total. The van der Waals surface area contributed by atoms with Gasteiger partial charge in [-0.25, -0.2) is 0 Å². The lowest BCUT2D eigenvalue weighted by atomic mass is 9.71. The molecule has 0 saturated heterocycles. The van der Waals surface area contributed by atoms with Crippen LogP contribution in [0.25, 0.3) is 11.4 Å². The first-order chi connectivity index (χ1) is 25.9. The number of ether oxygens (including phenoxy) is 1. The maximum atomic E-state index is 14.5. The lowest BCUT2D eigenvalue weighted by Gasteiger charge is -2.36. The predicted molar refractivity (Wildman–Crippen MR) is 205 cm³/mol. The molecule has 272 valence electrons. The van der Waals surface area contributed by atoms with Gasteiger partial charge in [0.15, 0.2) is 11.5 Å². The SMILES string of the molecule is O=C1CCc2cc(c(O)c3c2CCCO3)Cc2cccc(c2)Cc2cc[nH]c2[N-]CC2=Cc3[n-]ccc3C(CCCCc3cccc(O)c3)C2C(=O)C1. The van der Waals surface area contributed by atoms with Gasteiger partial charge in [0.05, 0.1) is 13.0 Å². The Bertz CT molecular complexity index is 2170. The summed E-state index contributed by atoms with van der Waals surface area (Å²) in [5.41, 5.74) is 9.93. The van der Waals surface area contributed by atoms with Gasteiger partial charge >= 0.3 is 0 Å². The number of H-pyrrole nitrogens is 1. The molecule has 8 rings (SSSR count). The zero-order valence-corrected chi connectivity index (χ0v) is 29.9. The van der Waals surface area contributed by atoms with E-state index in [1.54, 1.807) is 12.1 Å². The van der Waals surface area contributed by atoms with Gasteiger partial charge in [0.2, 0.25) is 0 Å². The van der Waals surface area contributed by atoms with Gasteiger partial charge in [-0.2, -0.15) is 6.20 Å². The molecule has 0 spiro atoms. The Morgan fingerprint density at radius 1 is 0.849 bits per heavy atom. The van der Waals surface area contributed by atoms with Crippen LogP contribution in [0.4, 0.5) is 5.82 Å². The Morgan fingerprint density at radius 3 is 2.57 bits per heavy atom. The second-order valence-electron chi connectivity index (χ2n) is 14.8. The summed E-state index contributed by atoms with van der Waals surface area (Å²) in [6, 6.07) is 21.9. The van der Waals surface area contributed by atoms with Gasteiger partial charge in [0, 0.05) is 29.9 Å². The fourth-order valence-electron chi connectivity index (χ4n) is 8.62. The fraction of sp³-hybridized carbons (Fsp3) is 0.333. The van der Waals surface area contributed by atoms with Crippen molar-refractivity contribution in [2.75, 3.05) is 13.2 Å². The Kier molecular flexibility index (Phi) is 9.94. The number of ketones is 2. The molecule has 2 aliphatic heterocycles. The standard InChI is InChI=1S/C45H45N3O5/c49-35-10-4-7-28(23-35)6-1-2-11-39-38-16-18-46-40(38)25-34-27-48-45-32(15-17-47-45)21-29-8-3-9-30(20-29)22-33-24-31(13-14-36(50)26-41(51)42(34)39)37-12-5-19-53-44(37)43(33)52/h3-4,7-10,15-18,20,23-25,39,42,47,49,52H,1-2,5-6,11-14,19,21-22,26-27H2/q-2. The molecular weight excluding hydrogens is 663 g/mol. The van der Waals surface area contributed by atoms with Gasteiger partial charge in [-0.1, -0.05) is 90.2 Å². The molecule has 2 unspecified atom stereocenters. The average Bonchev–Trinajstić information content (AvgIpc) is 3.82. The van der Waals surface area contributed by atoms with Crippen LogP contribution < -0.4 is 9.72 Å². The molecule has 0 amide bonds. The van der Waals surface area contributed by atoms with E-state index in [0.29, 0.717) is 38.2 Å². The summed E-state index contributed by atoms with van der Waals surface area (Å²) in [5, 5.41) is 26.4. The third-order valence-electron chi connectivity index (χ3n) is 11.2. The van der Waals surface area contributed by atoms with E-state index in [2.05, 4.69) is 40.3 Å². The number of aromatic nitrogens is 2. The van der Waals surface area contributed by atoms with Gasteiger partial charge < -0.3 is 30.2 Å². The first kappa shape index (κ1) is 34.6. The summed E-state index contributed by atoms with van der Waals surface area (Å²) in [4.78, 5) is 36.2. The number of hydrogen-bond acceptors (Lipinski definition) is 5. The molecule has 3 aliphatic rings. The number of hydrogen-bond donors (Lipinski definition) is 3. The van der Waals surface area contributed by atoms with Crippen LogP contribution in [0.2, 0.25) is 0 Å². The van der Waals surface area contributed by atoms with Crippen LogP contribution in [0, 0.1) is 5.92 Å². The number of carbonyl (C=O) groups excluding carboxylic acids is 2. The number of rotatable bonds is 5. The summed E-state index contributed by atoms with van der Waals surface area (Å²) in [7, 11) is 0. The largest absolute Gasteiger partial charge is 0.664 e. The van der Waals surface area contributed by atoms with Crippen molar-refractivity contribution in [2.24, 2.45) is 5.92 Å². The Morgan fingerprint density at radius 2 is 1.70 bits per heavy atom. The van der Waals surface area contributed by atoms with E-state index >= 15 is 0 Å². The monoisotopic (exact) mass is 707 g/mol. The smallest absolute Gasteiger partial charge is 0.164 e. The van der Waals surface area contributed by atoms with Crippen molar-refractivity contribution in [1.29, 1.82) is 0 Å². The predicted octanol–water partition coefficient (Wildman–Crippen LogP) is 8.58. The highest BCUT2D eigenvalue weighted by Gasteiger charge is 2.35. The minimum Gasteiger partial charge on any atom is -0.664 e. The molecular formula is C45H45N3O5-2. The third-order valence-corrected chi connectivity index (χ3v) is 11.2. The van der Waals surface area contributed by atoms with E-state index in [0.717, 1.165) is 100 Å². The summed E-state index contributed by atoms with van der Waals surface area (Å²) in [6.45, 7) is 0.868. The van der Waals surface area contributed by atoms with E-state index in [1.807, 2.05) is 42.7 Å². The number of nitrogens with zero attached hydrogens (tertiary/aromatic N) is 2. The van der Waals surface area contributed by atoms with Gasteiger partial charge in [-0.15, -0.1) is 5.69 Å². The number of Topliss-reactive ketones (excluding diaryl/α,β-unsaturated/α-hetero) is 2. The number of carbonyl (C=O) groups is 2. The number of aromatic amines is 1. The fourth-order valence-corrected chi connectivity index (χ4v) is 8.62. The Balaban J connectivity index is 1.12. The molecule has 0 fully saturated rings. The zero-order valence-electron chi connectivity index (χ0n) is 29.9. The normalized spacial score (nSPS) is 18.8. The molecule has 8 nitrogen and oxygen atoms in total. The first-order valence-corrected chi connectivity index (χ1v) is 18.9. The van der Waals surface area contributed by atoms with Crippen LogP contribution in [0.5, 0.6) is 17.2 Å². The lowest BCUT2D eigenvalue weighted by Crippen LogP contribution is -2.30. The number of phenolic OH excluding ortho intramolecular Hbond substituents is 2. The number of nitrogens with one attached hydrogen (secondary N) is 1.